The third-order valence-electron chi connectivity index (χ3n) is 5.50. The molecular weight excluding hydrogens is 516 g/mol. The van der Waals surface area contributed by atoms with Crippen molar-refractivity contribution >= 4 is 50.7 Å². The standard InChI is InChI=1S/C24H30Cl2FN3O4S/c1-5-16(3)28-24(32)22(6-2)29(14-17-10-11-20(25)21(26)12-17)23(31)15-30(35(4,33)34)19-9-7-8-18(27)13-19/h7-13,16,22H,5-6,14-15H2,1-4H3,(H,28,32)/t16-,22-/m1/s1. The summed E-state index contributed by atoms with van der Waals surface area (Å²) in [5.74, 6) is -1.63. The highest BCUT2D eigenvalue weighted by Crippen LogP contribution is 2.25. The number of rotatable bonds is 11. The molecule has 2 atom stereocenters. The van der Waals surface area contributed by atoms with Crippen LogP contribution in [0.1, 0.15) is 39.2 Å². The second-order valence-electron chi connectivity index (χ2n) is 8.26. The van der Waals surface area contributed by atoms with Crippen molar-refractivity contribution in [2.24, 2.45) is 0 Å². The van der Waals surface area contributed by atoms with Crippen molar-refractivity contribution in [3.8, 4) is 0 Å². The first kappa shape index (κ1) is 28.9. The number of amides is 2. The van der Waals surface area contributed by atoms with E-state index in [0.29, 0.717) is 17.0 Å². The van der Waals surface area contributed by atoms with Crippen molar-refractivity contribution in [2.75, 3.05) is 17.1 Å². The number of anilines is 1. The maximum absolute atomic E-state index is 13.8. The average Bonchev–Trinajstić information content (AvgIpc) is 2.78. The zero-order chi connectivity index (χ0) is 26.3. The fourth-order valence-corrected chi connectivity index (χ4v) is 4.60. The summed E-state index contributed by atoms with van der Waals surface area (Å²) in [6, 6.07) is 8.82. The van der Waals surface area contributed by atoms with Crippen molar-refractivity contribution in [1.82, 2.24) is 10.2 Å². The first-order valence-corrected chi connectivity index (χ1v) is 13.7. The first-order chi connectivity index (χ1) is 16.4. The minimum absolute atomic E-state index is 0.00689. The summed E-state index contributed by atoms with van der Waals surface area (Å²) in [6.07, 6.45) is 1.92. The Morgan fingerprint density at radius 3 is 2.29 bits per heavy atom. The van der Waals surface area contributed by atoms with Gasteiger partial charge in [-0.05, 0) is 55.7 Å². The second-order valence-corrected chi connectivity index (χ2v) is 11.0. The summed E-state index contributed by atoms with van der Waals surface area (Å²) in [4.78, 5) is 27.9. The molecular formula is C24H30Cl2FN3O4S. The molecule has 0 aliphatic heterocycles. The van der Waals surface area contributed by atoms with Crippen LogP contribution in [0.4, 0.5) is 10.1 Å². The van der Waals surface area contributed by atoms with Gasteiger partial charge >= 0.3 is 0 Å². The number of carbonyl (C=O) groups is 2. The van der Waals surface area contributed by atoms with Gasteiger partial charge in [0.1, 0.15) is 18.4 Å². The van der Waals surface area contributed by atoms with Gasteiger partial charge in [0.05, 0.1) is 22.0 Å². The van der Waals surface area contributed by atoms with Gasteiger partial charge in [0.15, 0.2) is 0 Å². The van der Waals surface area contributed by atoms with E-state index in [9.17, 15) is 22.4 Å². The van der Waals surface area contributed by atoms with Crippen LogP contribution in [0.3, 0.4) is 0 Å². The molecule has 2 aromatic rings. The van der Waals surface area contributed by atoms with Crippen molar-refractivity contribution in [1.29, 1.82) is 0 Å². The predicted molar refractivity (Wildman–Crippen MR) is 138 cm³/mol. The molecule has 0 saturated heterocycles. The van der Waals surface area contributed by atoms with E-state index >= 15 is 0 Å². The molecule has 2 rings (SSSR count). The molecule has 192 valence electrons. The van der Waals surface area contributed by atoms with E-state index in [2.05, 4.69) is 5.32 Å². The lowest BCUT2D eigenvalue weighted by Crippen LogP contribution is -2.53. The Labute approximate surface area is 216 Å². The molecule has 0 bridgehead atoms. The number of hydrogen-bond acceptors (Lipinski definition) is 4. The Bertz CT molecular complexity index is 1160. The maximum atomic E-state index is 13.8. The molecule has 0 spiro atoms. The molecule has 0 saturated carbocycles. The Hall–Kier alpha value is -2.36. The number of carbonyl (C=O) groups excluding carboxylic acids is 2. The van der Waals surface area contributed by atoms with Gasteiger partial charge in [-0.3, -0.25) is 13.9 Å². The van der Waals surface area contributed by atoms with Crippen molar-refractivity contribution in [3.63, 3.8) is 0 Å². The van der Waals surface area contributed by atoms with Crippen LogP contribution >= 0.6 is 23.2 Å². The molecule has 0 unspecified atom stereocenters. The summed E-state index contributed by atoms with van der Waals surface area (Å²) < 4.78 is 39.7. The molecule has 1 N–H and O–H groups in total. The summed E-state index contributed by atoms with van der Waals surface area (Å²) >= 11 is 12.2. The predicted octanol–water partition coefficient (Wildman–Crippen LogP) is 4.62. The number of halogens is 3. The van der Waals surface area contributed by atoms with E-state index in [4.69, 9.17) is 23.2 Å². The Morgan fingerprint density at radius 2 is 1.74 bits per heavy atom. The van der Waals surface area contributed by atoms with Crippen LogP contribution in [-0.4, -0.2) is 50.0 Å². The van der Waals surface area contributed by atoms with Crippen LogP contribution < -0.4 is 9.62 Å². The second kappa shape index (κ2) is 12.6. The molecule has 0 fully saturated rings. The third-order valence-corrected chi connectivity index (χ3v) is 7.38. The fourth-order valence-electron chi connectivity index (χ4n) is 3.44. The quantitative estimate of drug-likeness (QED) is 0.446. The Morgan fingerprint density at radius 1 is 1.06 bits per heavy atom. The number of sulfonamides is 1. The number of nitrogens with zero attached hydrogens (tertiary/aromatic N) is 2. The molecule has 0 heterocycles. The largest absolute Gasteiger partial charge is 0.352 e. The lowest BCUT2D eigenvalue weighted by atomic mass is 10.1. The van der Waals surface area contributed by atoms with Crippen LogP contribution in [0.5, 0.6) is 0 Å². The Kier molecular flexibility index (Phi) is 10.4. The van der Waals surface area contributed by atoms with Gasteiger partial charge in [-0.1, -0.05) is 49.2 Å². The smallest absolute Gasteiger partial charge is 0.244 e. The highest BCUT2D eigenvalue weighted by Gasteiger charge is 2.32. The topological polar surface area (TPSA) is 86.8 Å². The van der Waals surface area contributed by atoms with E-state index in [0.717, 1.165) is 16.6 Å². The molecule has 0 aliphatic rings. The summed E-state index contributed by atoms with van der Waals surface area (Å²) in [5, 5.41) is 3.50. The molecule has 2 amide bonds. The average molecular weight is 546 g/mol. The monoisotopic (exact) mass is 545 g/mol. The van der Waals surface area contributed by atoms with Crippen molar-refractivity contribution in [2.45, 2.75) is 52.2 Å². The van der Waals surface area contributed by atoms with Crippen LogP contribution in [0.25, 0.3) is 0 Å². The van der Waals surface area contributed by atoms with E-state index < -0.39 is 34.3 Å². The van der Waals surface area contributed by atoms with Crippen LogP contribution in [-0.2, 0) is 26.2 Å². The third kappa shape index (κ3) is 8.08. The van der Waals surface area contributed by atoms with E-state index in [1.54, 1.807) is 25.1 Å². The summed E-state index contributed by atoms with van der Waals surface area (Å²) in [6.45, 7) is 4.91. The summed E-state index contributed by atoms with van der Waals surface area (Å²) in [7, 11) is -3.94. The Balaban J connectivity index is 2.46. The molecule has 11 heteroatoms. The molecule has 0 aliphatic carbocycles. The fraction of sp³-hybridized carbons (Fsp3) is 0.417. The number of hydrogen-bond donors (Lipinski definition) is 1. The van der Waals surface area contributed by atoms with E-state index in [-0.39, 0.29) is 35.6 Å². The molecule has 7 nitrogen and oxygen atoms in total. The normalized spacial score (nSPS) is 13.1. The zero-order valence-corrected chi connectivity index (χ0v) is 22.4. The van der Waals surface area contributed by atoms with Gasteiger partial charge in [-0.2, -0.15) is 0 Å². The number of benzene rings is 2. The van der Waals surface area contributed by atoms with Gasteiger partial charge in [0, 0.05) is 12.6 Å². The minimum atomic E-state index is -3.94. The van der Waals surface area contributed by atoms with E-state index in [1.807, 2.05) is 13.8 Å². The molecule has 0 aromatic heterocycles. The summed E-state index contributed by atoms with van der Waals surface area (Å²) in [5.41, 5.74) is 0.617. The molecule has 0 radical (unpaired) electrons. The van der Waals surface area contributed by atoms with Crippen LogP contribution in [0.2, 0.25) is 10.0 Å². The van der Waals surface area contributed by atoms with E-state index in [1.165, 1.54) is 23.1 Å². The SMILES string of the molecule is CC[C@@H](C)NC(=O)[C@@H](CC)N(Cc1ccc(Cl)c(Cl)c1)C(=O)CN(c1cccc(F)c1)S(C)(=O)=O. The lowest BCUT2D eigenvalue weighted by molar-refractivity contribution is -0.140. The lowest BCUT2D eigenvalue weighted by Gasteiger charge is -2.33. The van der Waals surface area contributed by atoms with Gasteiger partial charge < -0.3 is 10.2 Å². The van der Waals surface area contributed by atoms with Gasteiger partial charge in [-0.25, -0.2) is 12.8 Å². The first-order valence-electron chi connectivity index (χ1n) is 11.1. The van der Waals surface area contributed by atoms with Gasteiger partial charge in [-0.15, -0.1) is 0 Å². The zero-order valence-electron chi connectivity index (χ0n) is 20.1. The van der Waals surface area contributed by atoms with Crippen molar-refractivity contribution in [3.05, 3.63) is 63.9 Å². The van der Waals surface area contributed by atoms with Gasteiger partial charge in [0.2, 0.25) is 21.8 Å². The minimum Gasteiger partial charge on any atom is -0.352 e. The molecule has 35 heavy (non-hydrogen) atoms. The number of nitrogens with one attached hydrogen (secondary N) is 1. The van der Waals surface area contributed by atoms with Crippen molar-refractivity contribution < 1.29 is 22.4 Å². The maximum Gasteiger partial charge on any atom is 0.244 e. The molecule has 2 aromatic carbocycles. The van der Waals surface area contributed by atoms with Gasteiger partial charge in [0.25, 0.3) is 0 Å². The highest BCUT2D eigenvalue weighted by atomic mass is 35.5. The highest BCUT2D eigenvalue weighted by molar-refractivity contribution is 7.92. The van der Waals surface area contributed by atoms with Crippen LogP contribution in [0.15, 0.2) is 42.5 Å². The van der Waals surface area contributed by atoms with Crippen LogP contribution in [0, 0.1) is 5.82 Å².